The van der Waals surface area contributed by atoms with E-state index in [0.29, 0.717) is 17.7 Å². The van der Waals surface area contributed by atoms with Gasteiger partial charge >= 0.3 is 11.9 Å². The lowest BCUT2D eigenvalue weighted by molar-refractivity contribution is -0.158. The van der Waals surface area contributed by atoms with E-state index in [0.717, 1.165) is 12.8 Å². The minimum absolute atomic E-state index is 0.461. The number of carbonyl (C=O) groups excluding carboxylic acids is 2. The molecule has 0 spiro atoms. The molecule has 2 amide bonds. The van der Waals surface area contributed by atoms with E-state index in [1.165, 1.54) is 0 Å². The number of imide groups is 1. The molecular weight excluding hydrogens is 254 g/mol. The zero-order valence-electron chi connectivity index (χ0n) is 10.2. The molecule has 1 saturated heterocycles. The van der Waals surface area contributed by atoms with Crippen LogP contribution >= 0.6 is 0 Å². The quantitative estimate of drug-likeness (QED) is 0.699. The van der Waals surface area contributed by atoms with Crippen molar-refractivity contribution in [1.82, 2.24) is 4.90 Å². The Bertz CT molecular complexity index is 422. The predicted octanol–water partition coefficient (Wildman–Crippen LogP) is 0.0895. The molecule has 3 atom stereocenters. The summed E-state index contributed by atoms with van der Waals surface area (Å²) in [6.45, 7) is 0. The Morgan fingerprint density at radius 3 is 1.95 bits per heavy atom. The highest BCUT2D eigenvalue weighted by atomic mass is 16.4. The number of carbonyl (C=O) groups is 4. The van der Waals surface area contributed by atoms with Crippen LogP contribution in [0.4, 0.5) is 0 Å². The summed E-state index contributed by atoms with van der Waals surface area (Å²) >= 11 is 0. The third kappa shape index (κ3) is 2.32. The molecule has 7 heteroatoms. The van der Waals surface area contributed by atoms with E-state index in [1.54, 1.807) is 0 Å². The molecule has 0 aromatic carbocycles. The van der Waals surface area contributed by atoms with Crippen molar-refractivity contribution in [1.29, 1.82) is 0 Å². The minimum atomic E-state index is -1.59. The fraction of sp³-hybridized carbons (Fsp3) is 0.667. The smallest absolute Gasteiger partial charge is 0.327 e. The van der Waals surface area contributed by atoms with Crippen molar-refractivity contribution < 1.29 is 29.4 Å². The molecule has 104 valence electrons. The van der Waals surface area contributed by atoms with Gasteiger partial charge in [-0.25, -0.2) is 4.79 Å². The number of nitrogens with zero attached hydrogens (tertiary/aromatic N) is 1. The monoisotopic (exact) mass is 269 g/mol. The van der Waals surface area contributed by atoms with Crippen LogP contribution in [0.5, 0.6) is 0 Å². The molecule has 0 radical (unpaired) electrons. The standard InChI is InChI=1S/C12H15NO6/c14-9(15)5-8(12(18)19)13-10(16)6-3-1-2-4-7(6)11(13)17/h6-8H,1-5H2,(H,14,15)(H,18,19). The summed E-state index contributed by atoms with van der Waals surface area (Å²) in [5.74, 6) is -4.77. The van der Waals surface area contributed by atoms with E-state index in [9.17, 15) is 19.2 Å². The molecule has 1 saturated carbocycles. The Labute approximate surface area is 109 Å². The molecule has 0 bridgehead atoms. The third-order valence-corrected chi connectivity index (χ3v) is 3.84. The molecule has 0 aromatic heterocycles. The lowest BCUT2D eigenvalue weighted by atomic mass is 9.81. The molecule has 0 aromatic rings. The van der Waals surface area contributed by atoms with Crippen LogP contribution in [0.3, 0.4) is 0 Å². The highest BCUT2D eigenvalue weighted by Gasteiger charge is 2.52. The highest BCUT2D eigenvalue weighted by Crippen LogP contribution is 2.39. The topological polar surface area (TPSA) is 112 Å². The summed E-state index contributed by atoms with van der Waals surface area (Å²) in [5.41, 5.74) is 0. The second-order valence-electron chi connectivity index (χ2n) is 5.00. The molecule has 19 heavy (non-hydrogen) atoms. The summed E-state index contributed by atoms with van der Waals surface area (Å²) in [5, 5.41) is 17.8. The minimum Gasteiger partial charge on any atom is -0.481 e. The van der Waals surface area contributed by atoms with Crippen LogP contribution in [0.2, 0.25) is 0 Å². The zero-order chi connectivity index (χ0) is 14.2. The molecule has 2 aliphatic rings. The predicted molar refractivity (Wildman–Crippen MR) is 61.0 cm³/mol. The number of carboxylic acids is 2. The van der Waals surface area contributed by atoms with Crippen molar-refractivity contribution in [2.45, 2.75) is 38.1 Å². The number of fused-ring (bicyclic) bond motifs is 1. The Morgan fingerprint density at radius 1 is 1.11 bits per heavy atom. The van der Waals surface area contributed by atoms with Gasteiger partial charge in [0.1, 0.15) is 6.04 Å². The van der Waals surface area contributed by atoms with E-state index < -0.39 is 48.1 Å². The summed E-state index contributed by atoms with van der Waals surface area (Å²) < 4.78 is 0. The first kappa shape index (κ1) is 13.5. The first-order chi connectivity index (χ1) is 8.93. The molecule has 2 fully saturated rings. The van der Waals surface area contributed by atoms with Gasteiger partial charge in [-0.2, -0.15) is 0 Å². The second-order valence-corrected chi connectivity index (χ2v) is 5.00. The number of rotatable bonds is 4. The zero-order valence-corrected chi connectivity index (χ0v) is 10.2. The number of likely N-dealkylation sites (tertiary alicyclic amines) is 1. The van der Waals surface area contributed by atoms with Crippen LogP contribution in [0.25, 0.3) is 0 Å². The van der Waals surface area contributed by atoms with Gasteiger partial charge in [-0.15, -0.1) is 0 Å². The van der Waals surface area contributed by atoms with Crippen molar-refractivity contribution >= 4 is 23.8 Å². The molecule has 2 rings (SSSR count). The molecule has 7 nitrogen and oxygen atoms in total. The van der Waals surface area contributed by atoms with E-state index in [2.05, 4.69) is 0 Å². The van der Waals surface area contributed by atoms with Gasteiger partial charge in [0.2, 0.25) is 11.8 Å². The van der Waals surface area contributed by atoms with Crippen LogP contribution < -0.4 is 0 Å². The maximum absolute atomic E-state index is 12.1. The second kappa shape index (κ2) is 4.99. The molecule has 3 unspecified atom stereocenters. The van der Waals surface area contributed by atoms with Crippen LogP contribution in [-0.2, 0) is 19.2 Å². The van der Waals surface area contributed by atoms with E-state index in [4.69, 9.17) is 10.2 Å². The van der Waals surface area contributed by atoms with Crippen molar-refractivity contribution in [2.24, 2.45) is 11.8 Å². The average molecular weight is 269 g/mol. The van der Waals surface area contributed by atoms with Crippen molar-refractivity contribution in [2.75, 3.05) is 0 Å². The van der Waals surface area contributed by atoms with Gasteiger partial charge in [0.15, 0.2) is 0 Å². The first-order valence-electron chi connectivity index (χ1n) is 6.25. The SMILES string of the molecule is O=C(O)CC(C(=O)O)N1C(=O)C2CCCCC2C1=O. The Morgan fingerprint density at radius 2 is 1.58 bits per heavy atom. The average Bonchev–Trinajstić information content (AvgIpc) is 2.60. The van der Waals surface area contributed by atoms with Crippen LogP contribution in [0, 0.1) is 11.8 Å². The number of hydrogen-bond donors (Lipinski definition) is 2. The maximum Gasteiger partial charge on any atom is 0.327 e. The van der Waals surface area contributed by atoms with Gasteiger partial charge < -0.3 is 10.2 Å². The molecule has 1 aliphatic carbocycles. The van der Waals surface area contributed by atoms with Gasteiger partial charge in [-0.3, -0.25) is 19.3 Å². The molecular formula is C12H15NO6. The van der Waals surface area contributed by atoms with Crippen LogP contribution in [0.15, 0.2) is 0 Å². The van der Waals surface area contributed by atoms with Gasteiger partial charge in [0, 0.05) is 0 Å². The van der Waals surface area contributed by atoms with Crippen LogP contribution in [0.1, 0.15) is 32.1 Å². The Balaban J connectivity index is 2.27. The number of hydrogen-bond acceptors (Lipinski definition) is 4. The van der Waals surface area contributed by atoms with Crippen LogP contribution in [-0.4, -0.2) is 44.9 Å². The van der Waals surface area contributed by atoms with Gasteiger partial charge in [-0.1, -0.05) is 12.8 Å². The lowest BCUT2D eigenvalue weighted by Gasteiger charge is -2.21. The molecule has 1 aliphatic heterocycles. The van der Waals surface area contributed by atoms with Gasteiger partial charge in [-0.05, 0) is 12.8 Å². The largest absolute Gasteiger partial charge is 0.481 e. The summed E-state index contributed by atoms with van der Waals surface area (Å²) in [7, 11) is 0. The van der Waals surface area contributed by atoms with E-state index in [-0.39, 0.29) is 0 Å². The van der Waals surface area contributed by atoms with Crippen molar-refractivity contribution in [3.8, 4) is 0 Å². The first-order valence-corrected chi connectivity index (χ1v) is 6.25. The maximum atomic E-state index is 12.1. The third-order valence-electron chi connectivity index (χ3n) is 3.84. The normalized spacial score (nSPS) is 28.1. The number of amides is 2. The van der Waals surface area contributed by atoms with Crippen molar-refractivity contribution in [3.05, 3.63) is 0 Å². The number of aliphatic carboxylic acids is 2. The Hall–Kier alpha value is -1.92. The fourth-order valence-electron chi connectivity index (χ4n) is 2.95. The molecule has 2 N–H and O–H groups in total. The van der Waals surface area contributed by atoms with E-state index in [1.807, 2.05) is 0 Å². The van der Waals surface area contributed by atoms with Crippen molar-refractivity contribution in [3.63, 3.8) is 0 Å². The highest BCUT2D eigenvalue weighted by molar-refractivity contribution is 6.08. The van der Waals surface area contributed by atoms with Gasteiger partial charge in [0.25, 0.3) is 0 Å². The Kier molecular flexibility index (Phi) is 3.55. The lowest BCUT2D eigenvalue weighted by Crippen LogP contribution is -2.46. The number of carboxylic acid groups (broad SMARTS) is 2. The summed E-state index contributed by atoms with van der Waals surface area (Å²) in [4.78, 5) is 46.7. The van der Waals surface area contributed by atoms with Gasteiger partial charge in [0.05, 0.1) is 18.3 Å². The molecule has 1 heterocycles. The fourth-order valence-corrected chi connectivity index (χ4v) is 2.95. The van der Waals surface area contributed by atoms with E-state index >= 15 is 0 Å². The summed E-state index contributed by atoms with van der Waals surface area (Å²) in [6.07, 6.45) is 2.07. The summed E-state index contributed by atoms with van der Waals surface area (Å²) in [6, 6.07) is -1.59.